The minimum Gasteiger partial charge on any atom is -0.493 e. The van der Waals surface area contributed by atoms with Crippen LogP contribution < -0.4 is 14.8 Å². The molecule has 5 nitrogen and oxygen atoms in total. The number of fused-ring (bicyclic) bond motifs is 1. The summed E-state index contributed by atoms with van der Waals surface area (Å²) < 4.78 is 16.4. The van der Waals surface area contributed by atoms with Crippen molar-refractivity contribution in [2.75, 3.05) is 20.8 Å². The van der Waals surface area contributed by atoms with Gasteiger partial charge in [-0.1, -0.05) is 12.1 Å². The molecule has 1 aromatic heterocycles. The second-order valence-corrected chi connectivity index (χ2v) is 6.71. The summed E-state index contributed by atoms with van der Waals surface area (Å²) in [5, 5.41) is 3.96. The number of methoxy groups -OCH3 is 2. The van der Waals surface area contributed by atoms with Crippen LogP contribution in [0.4, 0.5) is 0 Å². The van der Waals surface area contributed by atoms with Crippen LogP contribution in [0.2, 0.25) is 0 Å². The average molecular weight is 367 g/mol. The van der Waals surface area contributed by atoms with Crippen molar-refractivity contribution in [3.63, 3.8) is 0 Å². The summed E-state index contributed by atoms with van der Waals surface area (Å²) in [4.78, 5) is 12.6. The van der Waals surface area contributed by atoms with Crippen LogP contribution >= 0.6 is 0 Å². The largest absolute Gasteiger partial charge is 0.493 e. The molecule has 5 heteroatoms. The van der Waals surface area contributed by atoms with Gasteiger partial charge in [0.15, 0.2) is 17.3 Å². The van der Waals surface area contributed by atoms with Crippen LogP contribution in [0.1, 0.15) is 32.8 Å². The number of carbonyl (C=O) groups is 1. The second-order valence-electron chi connectivity index (χ2n) is 6.71. The highest BCUT2D eigenvalue weighted by molar-refractivity contribution is 5.99. The maximum absolute atomic E-state index is 12.6. The fourth-order valence-electron chi connectivity index (χ4n) is 3.44. The first kappa shape index (κ1) is 18.8. The molecule has 2 aromatic carbocycles. The molecule has 0 aliphatic heterocycles. The fourth-order valence-corrected chi connectivity index (χ4v) is 3.44. The van der Waals surface area contributed by atoms with Gasteiger partial charge < -0.3 is 19.2 Å². The third-order valence-corrected chi connectivity index (χ3v) is 4.72. The highest BCUT2D eigenvalue weighted by Crippen LogP contribution is 2.30. The maximum Gasteiger partial charge on any atom is 0.287 e. The van der Waals surface area contributed by atoms with Crippen molar-refractivity contribution in [1.82, 2.24) is 5.32 Å². The van der Waals surface area contributed by atoms with Crippen molar-refractivity contribution in [3.05, 3.63) is 58.3 Å². The number of amides is 1. The number of hydrogen-bond acceptors (Lipinski definition) is 4. The molecule has 3 aromatic rings. The van der Waals surface area contributed by atoms with Gasteiger partial charge in [0.1, 0.15) is 5.58 Å². The Bertz CT molecular complexity index is 988. The SMILES string of the molecule is COc1ccc(CCNC(=O)c2oc3cc(C)cc(C)c3c2C)cc1OC. The van der Waals surface area contributed by atoms with Gasteiger partial charge in [-0.15, -0.1) is 0 Å². The van der Waals surface area contributed by atoms with Gasteiger partial charge in [0.05, 0.1) is 14.2 Å². The Balaban J connectivity index is 1.71. The molecule has 3 rings (SSSR count). The van der Waals surface area contributed by atoms with E-state index in [9.17, 15) is 4.79 Å². The lowest BCUT2D eigenvalue weighted by atomic mass is 10.0. The van der Waals surface area contributed by atoms with Gasteiger partial charge in [-0.2, -0.15) is 0 Å². The minimum atomic E-state index is -0.193. The molecular formula is C22H25NO4. The van der Waals surface area contributed by atoms with Crippen LogP contribution in [0.3, 0.4) is 0 Å². The van der Waals surface area contributed by atoms with Gasteiger partial charge >= 0.3 is 0 Å². The van der Waals surface area contributed by atoms with E-state index in [0.29, 0.717) is 30.2 Å². The number of carbonyl (C=O) groups excluding carboxylic acids is 1. The fraction of sp³-hybridized carbons (Fsp3) is 0.318. The quantitative estimate of drug-likeness (QED) is 0.704. The molecule has 0 fully saturated rings. The maximum atomic E-state index is 12.6. The first-order valence-electron chi connectivity index (χ1n) is 8.94. The molecule has 1 N–H and O–H groups in total. The van der Waals surface area contributed by atoms with E-state index in [1.54, 1.807) is 14.2 Å². The Labute approximate surface area is 159 Å². The van der Waals surface area contributed by atoms with Gasteiger partial charge in [0.25, 0.3) is 5.91 Å². The number of aryl methyl sites for hydroxylation is 3. The summed E-state index contributed by atoms with van der Waals surface area (Å²) in [6, 6.07) is 9.82. The van der Waals surface area contributed by atoms with Crippen molar-refractivity contribution >= 4 is 16.9 Å². The second kappa shape index (κ2) is 7.74. The van der Waals surface area contributed by atoms with E-state index in [4.69, 9.17) is 13.9 Å². The number of hydrogen-bond donors (Lipinski definition) is 1. The van der Waals surface area contributed by atoms with E-state index < -0.39 is 0 Å². The number of benzene rings is 2. The molecule has 0 aliphatic rings. The standard InChI is InChI=1S/C22H25NO4/c1-13-10-14(2)20-15(3)21(27-19(20)11-13)22(24)23-9-8-16-6-7-17(25-4)18(12-16)26-5/h6-7,10-12H,8-9H2,1-5H3,(H,23,24). The highest BCUT2D eigenvalue weighted by atomic mass is 16.5. The summed E-state index contributed by atoms with van der Waals surface area (Å²) in [5.74, 6) is 1.56. The molecule has 142 valence electrons. The average Bonchev–Trinajstić information content (AvgIpc) is 2.98. The Morgan fingerprint density at radius 3 is 2.48 bits per heavy atom. The summed E-state index contributed by atoms with van der Waals surface area (Å²) in [6.45, 7) is 6.49. The van der Waals surface area contributed by atoms with Crippen molar-refractivity contribution in [3.8, 4) is 11.5 Å². The number of furan rings is 1. The molecule has 0 radical (unpaired) electrons. The van der Waals surface area contributed by atoms with E-state index in [1.807, 2.05) is 45.0 Å². The Morgan fingerprint density at radius 1 is 1.04 bits per heavy atom. The Morgan fingerprint density at radius 2 is 1.78 bits per heavy atom. The zero-order chi connectivity index (χ0) is 19.6. The molecule has 0 saturated carbocycles. The monoisotopic (exact) mass is 367 g/mol. The Kier molecular flexibility index (Phi) is 5.40. The molecule has 1 amide bonds. The van der Waals surface area contributed by atoms with Crippen LogP contribution in [0.25, 0.3) is 11.0 Å². The van der Waals surface area contributed by atoms with Gasteiger partial charge in [0, 0.05) is 17.5 Å². The van der Waals surface area contributed by atoms with Gasteiger partial charge in [-0.25, -0.2) is 0 Å². The van der Waals surface area contributed by atoms with Gasteiger partial charge in [-0.05, 0) is 62.1 Å². The molecule has 27 heavy (non-hydrogen) atoms. The summed E-state index contributed by atoms with van der Waals surface area (Å²) in [7, 11) is 3.22. The zero-order valence-electron chi connectivity index (χ0n) is 16.4. The van der Waals surface area contributed by atoms with Crippen LogP contribution in [0.15, 0.2) is 34.7 Å². The van der Waals surface area contributed by atoms with E-state index in [1.165, 1.54) is 0 Å². The summed E-state index contributed by atoms with van der Waals surface area (Å²) >= 11 is 0. The summed E-state index contributed by atoms with van der Waals surface area (Å²) in [6.07, 6.45) is 0.684. The normalized spacial score (nSPS) is 10.9. The van der Waals surface area contributed by atoms with E-state index in [-0.39, 0.29) is 5.91 Å². The highest BCUT2D eigenvalue weighted by Gasteiger charge is 2.18. The van der Waals surface area contributed by atoms with Crippen LogP contribution in [-0.2, 0) is 6.42 Å². The lowest BCUT2D eigenvalue weighted by Crippen LogP contribution is -2.25. The molecule has 0 bridgehead atoms. The molecule has 0 unspecified atom stereocenters. The van der Waals surface area contributed by atoms with Crippen LogP contribution in [0, 0.1) is 20.8 Å². The number of rotatable bonds is 6. The molecular weight excluding hydrogens is 342 g/mol. The smallest absolute Gasteiger partial charge is 0.287 e. The minimum absolute atomic E-state index is 0.193. The van der Waals surface area contributed by atoms with Crippen molar-refractivity contribution in [2.45, 2.75) is 27.2 Å². The first-order valence-corrected chi connectivity index (χ1v) is 8.94. The topological polar surface area (TPSA) is 60.7 Å². The zero-order valence-corrected chi connectivity index (χ0v) is 16.4. The molecule has 0 aliphatic carbocycles. The lowest BCUT2D eigenvalue weighted by Gasteiger charge is -2.10. The number of nitrogens with one attached hydrogen (secondary N) is 1. The first-order chi connectivity index (χ1) is 12.9. The molecule has 0 saturated heterocycles. The number of ether oxygens (including phenoxy) is 2. The third-order valence-electron chi connectivity index (χ3n) is 4.72. The third kappa shape index (κ3) is 3.77. The van der Waals surface area contributed by atoms with Crippen LogP contribution in [-0.4, -0.2) is 26.7 Å². The predicted molar refractivity (Wildman–Crippen MR) is 106 cm³/mol. The molecule has 1 heterocycles. The molecule has 0 spiro atoms. The van der Waals surface area contributed by atoms with Crippen LogP contribution in [0.5, 0.6) is 11.5 Å². The lowest BCUT2D eigenvalue weighted by molar-refractivity contribution is 0.0927. The summed E-state index contributed by atoms with van der Waals surface area (Å²) in [5.41, 5.74) is 4.94. The van der Waals surface area contributed by atoms with Crippen molar-refractivity contribution in [1.29, 1.82) is 0 Å². The van der Waals surface area contributed by atoms with Gasteiger partial charge in [-0.3, -0.25) is 4.79 Å². The van der Waals surface area contributed by atoms with E-state index in [2.05, 4.69) is 11.4 Å². The Hall–Kier alpha value is -2.95. The molecule has 0 atom stereocenters. The van der Waals surface area contributed by atoms with Gasteiger partial charge in [0.2, 0.25) is 0 Å². The van der Waals surface area contributed by atoms with E-state index in [0.717, 1.165) is 33.2 Å². The predicted octanol–water partition coefficient (Wildman–Crippen LogP) is 4.35. The van der Waals surface area contributed by atoms with Crippen molar-refractivity contribution in [2.24, 2.45) is 0 Å². The van der Waals surface area contributed by atoms with E-state index >= 15 is 0 Å². The van der Waals surface area contributed by atoms with Crippen molar-refractivity contribution < 1.29 is 18.7 Å².